The van der Waals surface area contributed by atoms with E-state index >= 15 is 0 Å². The van der Waals surface area contributed by atoms with Crippen molar-refractivity contribution in [2.24, 2.45) is 0 Å². The summed E-state index contributed by atoms with van der Waals surface area (Å²) >= 11 is 2.16. The van der Waals surface area contributed by atoms with Crippen molar-refractivity contribution in [3.63, 3.8) is 0 Å². The molecule has 0 saturated carbocycles. The molecule has 1 aromatic heterocycles. The molecule has 0 aliphatic heterocycles. The number of hydrogen-bond acceptors (Lipinski definition) is 5. The Kier molecular flexibility index (Phi) is 5.01. The van der Waals surface area contributed by atoms with Crippen LogP contribution in [0.4, 0.5) is 18.0 Å². The monoisotopic (exact) mass is 351 g/mol. The highest BCUT2D eigenvalue weighted by Gasteiger charge is 2.31. The number of carbonyl (C=O) groups is 1. The van der Waals surface area contributed by atoms with E-state index in [9.17, 15) is 18.0 Å². The summed E-state index contributed by atoms with van der Waals surface area (Å²) in [7, 11) is 0. The molecular weight excluding hydrogens is 339 g/mol. The minimum Gasteiger partial charge on any atom is -0.406 e. The number of urea groups is 1. The SMILES string of the molecule is CC(C)NC(=O)NSc1nc2ccc(OC(F)(F)F)cc2s1. The van der Waals surface area contributed by atoms with Crippen molar-refractivity contribution in [3.05, 3.63) is 18.2 Å². The van der Waals surface area contributed by atoms with Gasteiger partial charge in [0.1, 0.15) is 5.75 Å². The van der Waals surface area contributed by atoms with Gasteiger partial charge in [0.2, 0.25) is 0 Å². The lowest BCUT2D eigenvalue weighted by molar-refractivity contribution is -0.274. The number of ether oxygens (including phenoxy) is 1. The Bertz CT molecular complexity index is 673. The van der Waals surface area contributed by atoms with Gasteiger partial charge >= 0.3 is 12.4 Å². The Morgan fingerprint density at radius 3 is 2.77 bits per heavy atom. The Morgan fingerprint density at radius 1 is 1.41 bits per heavy atom. The quantitative estimate of drug-likeness (QED) is 0.820. The number of benzene rings is 1. The number of thiazole rings is 1. The molecule has 22 heavy (non-hydrogen) atoms. The van der Waals surface area contributed by atoms with Crippen molar-refractivity contribution < 1.29 is 22.7 Å². The van der Waals surface area contributed by atoms with Crippen molar-refractivity contribution in [3.8, 4) is 5.75 Å². The van der Waals surface area contributed by atoms with Crippen molar-refractivity contribution in [1.29, 1.82) is 0 Å². The topological polar surface area (TPSA) is 63.2 Å². The van der Waals surface area contributed by atoms with E-state index in [1.807, 2.05) is 13.8 Å². The van der Waals surface area contributed by atoms with Crippen molar-refractivity contribution in [2.75, 3.05) is 0 Å². The van der Waals surface area contributed by atoms with Gasteiger partial charge < -0.3 is 10.1 Å². The summed E-state index contributed by atoms with van der Waals surface area (Å²) in [6.45, 7) is 3.65. The molecule has 0 radical (unpaired) electrons. The Hall–Kier alpha value is -1.68. The average molecular weight is 351 g/mol. The normalized spacial score (nSPS) is 11.7. The lowest BCUT2D eigenvalue weighted by Gasteiger charge is -2.07. The maximum Gasteiger partial charge on any atom is 0.573 e. The largest absolute Gasteiger partial charge is 0.573 e. The lowest BCUT2D eigenvalue weighted by atomic mass is 10.3. The average Bonchev–Trinajstić information content (AvgIpc) is 2.75. The Morgan fingerprint density at radius 2 is 2.14 bits per heavy atom. The summed E-state index contributed by atoms with van der Waals surface area (Å²) < 4.78 is 44.0. The van der Waals surface area contributed by atoms with Crippen LogP contribution in [0, 0.1) is 0 Å². The van der Waals surface area contributed by atoms with E-state index < -0.39 is 6.36 Å². The van der Waals surface area contributed by atoms with Gasteiger partial charge in [-0.3, -0.25) is 4.72 Å². The second-order valence-corrected chi connectivity index (χ2v) is 6.57. The first-order valence-corrected chi connectivity index (χ1v) is 7.76. The zero-order valence-corrected chi connectivity index (χ0v) is 13.2. The van der Waals surface area contributed by atoms with Gasteiger partial charge in [-0.25, -0.2) is 9.78 Å². The minimum atomic E-state index is -4.73. The molecular formula is C12H12F3N3O2S2. The maximum absolute atomic E-state index is 12.2. The number of carbonyl (C=O) groups excluding carboxylic acids is 1. The van der Waals surface area contributed by atoms with Crippen LogP contribution in [0.2, 0.25) is 0 Å². The zero-order valence-electron chi connectivity index (χ0n) is 11.5. The van der Waals surface area contributed by atoms with Crippen molar-refractivity contribution in [2.45, 2.75) is 30.6 Å². The van der Waals surface area contributed by atoms with Crippen LogP contribution in [0.25, 0.3) is 10.2 Å². The molecule has 2 aromatic rings. The van der Waals surface area contributed by atoms with Crippen LogP contribution >= 0.6 is 23.3 Å². The predicted octanol–water partition coefficient (Wildman–Crippen LogP) is 3.91. The first-order valence-electron chi connectivity index (χ1n) is 6.12. The van der Waals surface area contributed by atoms with Crippen LogP contribution in [-0.2, 0) is 0 Å². The summed E-state index contributed by atoms with van der Waals surface area (Å²) in [6.07, 6.45) is -4.73. The van der Waals surface area contributed by atoms with Crippen LogP contribution in [0.3, 0.4) is 0 Å². The first kappa shape index (κ1) is 16.7. The third kappa shape index (κ3) is 4.95. The van der Waals surface area contributed by atoms with E-state index in [1.165, 1.54) is 18.2 Å². The van der Waals surface area contributed by atoms with Gasteiger partial charge in [0.15, 0.2) is 4.34 Å². The van der Waals surface area contributed by atoms with Crippen LogP contribution < -0.4 is 14.8 Å². The fourth-order valence-electron chi connectivity index (χ4n) is 1.51. The number of nitrogens with zero attached hydrogens (tertiary/aromatic N) is 1. The molecule has 0 atom stereocenters. The molecule has 10 heteroatoms. The van der Waals surface area contributed by atoms with Crippen LogP contribution in [0.15, 0.2) is 22.5 Å². The number of halogens is 3. The molecule has 0 aliphatic rings. The molecule has 0 unspecified atom stereocenters. The Labute approximate surface area is 132 Å². The minimum absolute atomic E-state index is 0.00181. The molecule has 0 bridgehead atoms. The highest BCUT2D eigenvalue weighted by molar-refractivity contribution is 7.99. The molecule has 1 aromatic carbocycles. The number of alkyl halides is 3. The van der Waals surface area contributed by atoms with E-state index in [1.54, 1.807) is 0 Å². The summed E-state index contributed by atoms with van der Waals surface area (Å²) in [5.74, 6) is -0.300. The number of hydrogen-bond donors (Lipinski definition) is 2. The zero-order chi connectivity index (χ0) is 16.3. The number of fused-ring (bicyclic) bond motifs is 1. The summed E-state index contributed by atoms with van der Waals surface area (Å²) in [4.78, 5) is 15.6. The van der Waals surface area contributed by atoms with Gasteiger partial charge in [-0.15, -0.1) is 24.5 Å². The number of nitrogens with one attached hydrogen (secondary N) is 2. The van der Waals surface area contributed by atoms with Crippen LogP contribution in [0.1, 0.15) is 13.8 Å². The van der Waals surface area contributed by atoms with E-state index in [2.05, 4.69) is 19.8 Å². The summed E-state index contributed by atoms with van der Waals surface area (Å²) in [5, 5.41) is 2.64. The second-order valence-electron chi connectivity index (χ2n) is 4.49. The van der Waals surface area contributed by atoms with Crippen LogP contribution in [-0.4, -0.2) is 23.4 Å². The van der Waals surface area contributed by atoms with Gasteiger partial charge in [-0.05, 0) is 32.0 Å². The number of amides is 2. The predicted molar refractivity (Wildman–Crippen MR) is 79.0 cm³/mol. The van der Waals surface area contributed by atoms with Crippen molar-refractivity contribution in [1.82, 2.24) is 15.0 Å². The van der Waals surface area contributed by atoms with Crippen LogP contribution in [0.5, 0.6) is 5.75 Å². The molecule has 0 spiro atoms. The van der Waals surface area contributed by atoms with Gasteiger partial charge in [0, 0.05) is 18.0 Å². The summed E-state index contributed by atoms with van der Waals surface area (Å²) in [5.41, 5.74) is 0.535. The smallest absolute Gasteiger partial charge is 0.406 e. The fraction of sp³-hybridized carbons (Fsp3) is 0.333. The third-order valence-corrected chi connectivity index (χ3v) is 4.09. The van der Waals surface area contributed by atoms with Gasteiger partial charge in [-0.1, -0.05) is 0 Å². The molecule has 2 rings (SSSR count). The van der Waals surface area contributed by atoms with E-state index in [0.29, 0.717) is 14.6 Å². The molecule has 0 fully saturated rings. The van der Waals surface area contributed by atoms with Gasteiger partial charge in [0.05, 0.1) is 10.2 Å². The van der Waals surface area contributed by atoms with E-state index in [0.717, 1.165) is 23.3 Å². The Balaban J connectivity index is 2.05. The molecule has 120 valence electrons. The second kappa shape index (κ2) is 6.61. The molecule has 0 saturated heterocycles. The highest BCUT2D eigenvalue weighted by Crippen LogP contribution is 2.32. The molecule has 5 nitrogen and oxygen atoms in total. The van der Waals surface area contributed by atoms with E-state index in [4.69, 9.17) is 0 Å². The standard InChI is InChI=1S/C12H12F3N3O2S2/c1-6(2)16-10(19)18-22-11-17-8-4-3-7(5-9(8)21-11)20-12(13,14)15/h3-6H,1-2H3,(H2,16,18,19). The maximum atomic E-state index is 12.2. The number of aromatic nitrogens is 1. The lowest BCUT2D eigenvalue weighted by Crippen LogP contribution is -2.36. The molecule has 2 amide bonds. The highest BCUT2D eigenvalue weighted by atomic mass is 32.2. The number of rotatable bonds is 4. The fourth-order valence-corrected chi connectivity index (χ4v) is 3.18. The van der Waals surface area contributed by atoms with Gasteiger partial charge in [-0.2, -0.15) is 0 Å². The molecule has 0 aliphatic carbocycles. The van der Waals surface area contributed by atoms with E-state index in [-0.39, 0.29) is 17.8 Å². The molecule has 1 heterocycles. The van der Waals surface area contributed by atoms with Crippen molar-refractivity contribution >= 4 is 39.5 Å². The third-order valence-electron chi connectivity index (χ3n) is 2.22. The van der Waals surface area contributed by atoms with Gasteiger partial charge in [0.25, 0.3) is 0 Å². The first-order chi connectivity index (χ1) is 10.2. The summed E-state index contributed by atoms with van der Waals surface area (Å²) in [6, 6.07) is 3.53. The molecule has 2 N–H and O–H groups in total.